The number of ketones is 1. The Morgan fingerprint density at radius 1 is 1.44 bits per heavy atom. The number of Topliss-reactive ketones (excluding diaryl/α,β-unsaturated/α-hetero) is 1. The molecule has 1 saturated heterocycles. The molecule has 0 aromatic heterocycles. The molecule has 0 saturated carbocycles. The SMILES string of the molecule is CC1CC(=O)CC[N+](C(=O)O)(C(C)(C)C)C1. The van der Waals surface area contributed by atoms with Crippen LogP contribution in [0.2, 0.25) is 0 Å². The van der Waals surface area contributed by atoms with E-state index in [0.29, 0.717) is 25.9 Å². The van der Waals surface area contributed by atoms with Gasteiger partial charge in [0.1, 0.15) is 11.3 Å². The van der Waals surface area contributed by atoms with Crippen molar-refractivity contribution in [3.8, 4) is 0 Å². The molecule has 16 heavy (non-hydrogen) atoms. The van der Waals surface area contributed by atoms with Gasteiger partial charge in [-0.25, -0.2) is 4.48 Å². The summed E-state index contributed by atoms with van der Waals surface area (Å²) in [4.78, 5) is 23.1. The Bertz CT molecular complexity index is 306. The Morgan fingerprint density at radius 2 is 2.00 bits per heavy atom. The van der Waals surface area contributed by atoms with Crippen LogP contribution in [0.25, 0.3) is 0 Å². The third-order valence-corrected chi connectivity index (χ3v) is 3.62. The molecule has 1 aliphatic heterocycles. The van der Waals surface area contributed by atoms with Crippen molar-refractivity contribution in [3.05, 3.63) is 0 Å². The zero-order valence-electron chi connectivity index (χ0n) is 10.6. The lowest BCUT2D eigenvalue weighted by Gasteiger charge is -2.43. The number of likely N-dealkylation sites (tertiary alicyclic amines) is 1. The molecule has 0 aromatic carbocycles. The average molecular weight is 228 g/mol. The first-order valence-corrected chi connectivity index (χ1v) is 5.81. The van der Waals surface area contributed by atoms with E-state index in [2.05, 4.69) is 0 Å². The Labute approximate surface area is 96.8 Å². The fourth-order valence-electron chi connectivity index (χ4n) is 2.56. The molecule has 0 spiro atoms. The number of hydrogen-bond donors (Lipinski definition) is 1. The van der Waals surface area contributed by atoms with Crippen LogP contribution in [0.4, 0.5) is 4.79 Å². The molecule has 0 radical (unpaired) electrons. The van der Waals surface area contributed by atoms with Crippen molar-refractivity contribution >= 4 is 11.9 Å². The summed E-state index contributed by atoms with van der Waals surface area (Å²) >= 11 is 0. The molecule has 2 atom stereocenters. The second-order valence-electron chi connectivity index (χ2n) is 5.93. The number of carboxylic acid groups (broad SMARTS) is 1. The van der Waals surface area contributed by atoms with E-state index in [4.69, 9.17) is 0 Å². The first-order chi connectivity index (χ1) is 7.19. The van der Waals surface area contributed by atoms with Crippen molar-refractivity contribution in [2.24, 2.45) is 5.92 Å². The maximum atomic E-state index is 11.6. The fourth-order valence-corrected chi connectivity index (χ4v) is 2.56. The quantitative estimate of drug-likeness (QED) is 0.647. The van der Waals surface area contributed by atoms with E-state index in [1.807, 2.05) is 27.7 Å². The van der Waals surface area contributed by atoms with Crippen LogP contribution in [0.1, 0.15) is 40.5 Å². The second kappa shape index (κ2) is 4.17. The fraction of sp³-hybridized carbons (Fsp3) is 0.833. The smallest absolute Gasteiger partial charge is 0.435 e. The van der Waals surface area contributed by atoms with E-state index in [1.54, 1.807) is 0 Å². The number of rotatable bonds is 0. The van der Waals surface area contributed by atoms with Gasteiger partial charge in [0.25, 0.3) is 0 Å². The first-order valence-electron chi connectivity index (χ1n) is 5.81. The maximum absolute atomic E-state index is 11.6. The van der Waals surface area contributed by atoms with E-state index in [0.717, 1.165) is 0 Å². The van der Waals surface area contributed by atoms with Gasteiger partial charge >= 0.3 is 6.09 Å². The summed E-state index contributed by atoms with van der Waals surface area (Å²) in [6.45, 7) is 8.73. The summed E-state index contributed by atoms with van der Waals surface area (Å²) in [6.07, 6.45) is 0.0890. The topological polar surface area (TPSA) is 54.4 Å². The van der Waals surface area contributed by atoms with Crippen molar-refractivity contribution in [1.82, 2.24) is 0 Å². The van der Waals surface area contributed by atoms with E-state index in [1.165, 1.54) is 0 Å². The zero-order chi connectivity index (χ0) is 12.6. The van der Waals surface area contributed by atoms with Gasteiger partial charge in [0.05, 0.1) is 19.5 Å². The second-order valence-corrected chi connectivity index (χ2v) is 5.93. The zero-order valence-corrected chi connectivity index (χ0v) is 10.6. The molecule has 1 N–H and O–H groups in total. The van der Waals surface area contributed by atoms with Crippen LogP contribution < -0.4 is 0 Å². The highest BCUT2D eigenvalue weighted by atomic mass is 16.4. The van der Waals surface area contributed by atoms with Crippen molar-refractivity contribution in [1.29, 1.82) is 0 Å². The predicted octanol–water partition coefficient (Wildman–Crippen LogP) is 2.28. The van der Waals surface area contributed by atoms with Gasteiger partial charge in [0, 0.05) is 12.3 Å². The summed E-state index contributed by atoms with van der Waals surface area (Å²) in [5.41, 5.74) is -0.370. The molecule has 0 bridgehead atoms. The molecule has 4 nitrogen and oxygen atoms in total. The number of hydrogen-bond acceptors (Lipinski definition) is 2. The van der Waals surface area contributed by atoms with Crippen LogP contribution in [0, 0.1) is 5.92 Å². The number of amides is 1. The van der Waals surface area contributed by atoms with Crippen LogP contribution in [-0.2, 0) is 4.79 Å². The molecule has 1 rings (SSSR count). The van der Waals surface area contributed by atoms with E-state index in [9.17, 15) is 14.7 Å². The van der Waals surface area contributed by atoms with Crippen LogP contribution in [0.3, 0.4) is 0 Å². The predicted molar refractivity (Wildman–Crippen MR) is 61.2 cm³/mol. The minimum atomic E-state index is -0.811. The van der Waals surface area contributed by atoms with Crippen molar-refractivity contribution in [2.75, 3.05) is 13.1 Å². The lowest BCUT2D eigenvalue weighted by molar-refractivity contribution is -0.905. The summed E-state index contributed by atoms with van der Waals surface area (Å²) in [7, 11) is 0. The number of carbonyl (C=O) groups excluding carboxylic acids is 1. The van der Waals surface area contributed by atoms with E-state index >= 15 is 0 Å². The third kappa shape index (κ3) is 2.26. The third-order valence-electron chi connectivity index (χ3n) is 3.62. The summed E-state index contributed by atoms with van der Waals surface area (Å²) in [5.74, 6) is 0.336. The van der Waals surface area contributed by atoms with E-state index in [-0.39, 0.29) is 21.7 Å². The van der Waals surface area contributed by atoms with Crippen LogP contribution in [-0.4, -0.2) is 40.1 Å². The highest BCUT2D eigenvalue weighted by molar-refractivity contribution is 5.79. The molecule has 2 unspecified atom stereocenters. The molecule has 1 amide bonds. The lowest BCUT2D eigenvalue weighted by Crippen LogP contribution is -2.64. The summed E-state index contributed by atoms with van der Waals surface area (Å²) in [5, 5.41) is 9.51. The van der Waals surface area contributed by atoms with Crippen LogP contribution in [0.15, 0.2) is 0 Å². The van der Waals surface area contributed by atoms with Gasteiger partial charge in [0.2, 0.25) is 0 Å². The van der Waals surface area contributed by atoms with Crippen LogP contribution >= 0.6 is 0 Å². The summed E-state index contributed by atoms with van der Waals surface area (Å²) < 4.78 is -0.0000926. The number of carbonyl (C=O) groups is 2. The van der Waals surface area contributed by atoms with Gasteiger partial charge in [-0.1, -0.05) is 6.92 Å². The Balaban J connectivity index is 3.10. The van der Waals surface area contributed by atoms with E-state index < -0.39 is 6.09 Å². The molecule has 1 heterocycles. The summed E-state index contributed by atoms with van der Waals surface area (Å²) in [6, 6.07) is 0. The molecule has 4 heteroatoms. The van der Waals surface area contributed by atoms with Crippen molar-refractivity contribution < 1.29 is 19.2 Å². The molecule has 0 aliphatic carbocycles. The standard InChI is InChI=1S/C12H21NO3/c1-9-7-10(14)5-6-13(8-9,11(15)16)12(2,3)4/h9H,5-8H2,1-4H3/p+1. The minimum Gasteiger partial charge on any atom is -0.435 e. The largest absolute Gasteiger partial charge is 0.514 e. The lowest BCUT2D eigenvalue weighted by atomic mass is 9.99. The molecule has 92 valence electrons. The first kappa shape index (κ1) is 13.2. The van der Waals surface area contributed by atoms with Gasteiger partial charge < -0.3 is 5.11 Å². The van der Waals surface area contributed by atoms with Gasteiger partial charge in [0.15, 0.2) is 0 Å². The van der Waals surface area contributed by atoms with Gasteiger partial charge in [-0.15, -0.1) is 0 Å². The van der Waals surface area contributed by atoms with Gasteiger partial charge in [-0.05, 0) is 20.8 Å². The normalized spacial score (nSPS) is 32.2. The van der Waals surface area contributed by atoms with Crippen molar-refractivity contribution in [3.63, 3.8) is 0 Å². The van der Waals surface area contributed by atoms with Gasteiger partial charge in [-0.3, -0.25) is 4.79 Å². The Morgan fingerprint density at radius 3 is 2.44 bits per heavy atom. The van der Waals surface area contributed by atoms with Crippen molar-refractivity contribution in [2.45, 2.75) is 46.1 Å². The number of quaternary nitrogens is 1. The molecular formula is C12H22NO3+. The van der Waals surface area contributed by atoms with Gasteiger partial charge in [-0.2, -0.15) is 4.79 Å². The Kier molecular flexibility index (Phi) is 3.43. The number of nitrogens with zero attached hydrogens (tertiary/aromatic N) is 1. The molecule has 1 fully saturated rings. The molecular weight excluding hydrogens is 206 g/mol. The molecule has 1 aliphatic rings. The highest BCUT2D eigenvalue weighted by Gasteiger charge is 2.49. The average Bonchev–Trinajstić information content (AvgIpc) is 2.23. The Hall–Kier alpha value is -0.900. The van der Waals surface area contributed by atoms with Crippen LogP contribution in [0.5, 0.6) is 0 Å². The highest BCUT2D eigenvalue weighted by Crippen LogP contribution is 2.31. The molecule has 0 aromatic rings. The maximum Gasteiger partial charge on any atom is 0.514 e. The minimum absolute atomic E-state index is 0.0000926. The monoisotopic (exact) mass is 228 g/mol.